The first-order valence-electron chi connectivity index (χ1n) is 11.7. The summed E-state index contributed by atoms with van der Waals surface area (Å²) in [5.41, 5.74) is 0.716. The fraction of sp³-hybridized carbons (Fsp3) is 0.458. The Hall–Kier alpha value is -2.98. The number of rotatable bonds is 8. The van der Waals surface area contributed by atoms with Gasteiger partial charge < -0.3 is 14.3 Å². The Morgan fingerprint density at radius 2 is 1.88 bits per heavy atom. The third-order valence-corrected chi connectivity index (χ3v) is 8.33. The van der Waals surface area contributed by atoms with Crippen LogP contribution in [0.3, 0.4) is 0 Å². The highest BCUT2D eigenvalue weighted by Gasteiger charge is 2.33. The number of sulfonamides is 1. The van der Waals surface area contributed by atoms with Crippen LogP contribution in [0.15, 0.2) is 56.5 Å². The van der Waals surface area contributed by atoms with Gasteiger partial charge in [0.1, 0.15) is 5.76 Å². The number of amides is 1. The molecule has 0 bridgehead atoms. The number of nitrogens with zero attached hydrogens (tertiary/aromatic N) is 3. The van der Waals surface area contributed by atoms with Crippen molar-refractivity contribution in [3.05, 3.63) is 54.3 Å². The smallest absolute Gasteiger partial charge is 0.243 e. The van der Waals surface area contributed by atoms with Gasteiger partial charge in [0, 0.05) is 43.0 Å². The normalized spacial score (nSPS) is 18.6. The highest BCUT2D eigenvalue weighted by Crippen LogP contribution is 2.39. The maximum Gasteiger partial charge on any atom is 0.243 e. The van der Waals surface area contributed by atoms with Crippen LogP contribution in [0.5, 0.6) is 0 Å². The second kappa shape index (κ2) is 9.34. The first kappa shape index (κ1) is 22.8. The summed E-state index contributed by atoms with van der Waals surface area (Å²) in [6.45, 7) is 2.56. The molecule has 0 radical (unpaired) electrons. The lowest BCUT2D eigenvalue weighted by Gasteiger charge is -2.31. The fourth-order valence-corrected chi connectivity index (χ4v) is 5.74. The molecule has 5 rings (SSSR count). The van der Waals surface area contributed by atoms with E-state index in [0.29, 0.717) is 55.5 Å². The third-order valence-electron chi connectivity index (χ3n) is 6.42. The molecule has 9 nitrogen and oxygen atoms in total. The molecule has 10 heteroatoms. The van der Waals surface area contributed by atoms with Gasteiger partial charge in [-0.1, -0.05) is 5.16 Å². The molecule has 34 heavy (non-hydrogen) atoms. The van der Waals surface area contributed by atoms with Gasteiger partial charge in [0.25, 0.3) is 0 Å². The molecule has 1 amide bonds. The van der Waals surface area contributed by atoms with Gasteiger partial charge in [0.2, 0.25) is 27.6 Å². The van der Waals surface area contributed by atoms with Crippen LogP contribution in [0, 0.1) is 5.92 Å². The van der Waals surface area contributed by atoms with Crippen LogP contribution in [0.25, 0.3) is 11.4 Å². The van der Waals surface area contributed by atoms with Crippen LogP contribution < -0.4 is 5.32 Å². The minimum absolute atomic E-state index is 0.0360. The van der Waals surface area contributed by atoms with Gasteiger partial charge in [0.05, 0.1) is 11.2 Å². The summed E-state index contributed by atoms with van der Waals surface area (Å²) in [6, 6.07) is 10.2. The van der Waals surface area contributed by atoms with Crippen LogP contribution in [-0.4, -0.2) is 47.9 Å². The van der Waals surface area contributed by atoms with E-state index in [1.807, 2.05) is 19.1 Å². The molecule has 1 saturated carbocycles. The van der Waals surface area contributed by atoms with Crippen molar-refractivity contribution in [2.24, 2.45) is 5.92 Å². The second-order valence-electron chi connectivity index (χ2n) is 9.13. The van der Waals surface area contributed by atoms with E-state index in [2.05, 4.69) is 15.5 Å². The van der Waals surface area contributed by atoms with E-state index in [0.717, 1.165) is 18.6 Å². The predicted octanol–water partition coefficient (Wildman–Crippen LogP) is 3.36. The maximum absolute atomic E-state index is 13.1. The van der Waals surface area contributed by atoms with Crippen molar-refractivity contribution in [2.75, 3.05) is 13.1 Å². The summed E-state index contributed by atoms with van der Waals surface area (Å²) < 4.78 is 38.3. The van der Waals surface area contributed by atoms with E-state index in [-0.39, 0.29) is 22.8 Å². The number of piperidine rings is 1. The Morgan fingerprint density at radius 1 is 1.15 bits per heavy atom. The molecule has 2 aromatic heterocycles. The molecule has 180 valence electrons. The second-order valence-corrected chi connectivity index (χ2v) is 11.1. The molecule has 1 saturated heterocycles. The third kappa shape index (κ3) is 4.92. The quantitative estimate of drug-likeness (QED) is 0.521. The first-order valence-corrected chi connectivity index (χ1v) is 13.1. The van der Waals surface area contributed by atoms with Gasteiger partial charge >= 0.3 is 0 Å². The monoisotopic (exact) mass is 484 g/mol. The van der Waals surface area contributed by atoms with Crippen molar-refractivity contribution in [1.29, 1.82) is 0 Å². The van der Waals surface area contributed by atoms with Gasteiger partial charge in [-0.2, -0.15) is 9.29 Å². The van der Waals surface area contributed by atoms with E-state index >= 15 is 0 Å². The zero-order chi connectivity index (χ0) is 23.7. The number of aromatic nitrogens is 2. The molecule has 0 unspecified atom stereocenters. The lowest BCUT2D eigenvalue weighted by molar-refractivity contribution is -0.126. The Kier molecular flexibility index (Phi) is 6.26. The molecule has 1 atom stereocenters. The number of hydrogen-bond donors (Lipinski definition) is 1. The predicted molar refractivity (Wildman–Crippen MR) is 123 cm³/mol. The van der Waals surface area contributed by atoms with Gasteiger partial charge in [-0.3, -0.25) is 4.79 Å². The van der Waals surface area contributed by atoms with Gasteiger partial charge in [-0.05, 0) is 69.0 Å². The van der Waals surface area contributed by atoms with Crippen molar-refractivity contribution in [3.8, 4) is 11.4 Å². The summed E-state index contributed by atoms with van der Waals surface area (Å²) >= 11 is 0. The molecule has 1 aromatic carbocycles. The lowest BCUT2D eigenvalue weighted by Crippen LogP contribution is -2.45. The highest BCUT2D eigenvalue weighted by molar-refractivity contribution is 7.89. The fourth-order valence-electron chi connectivity index (χ4n) is 4.27. The Balaban J connectivity index is 1.16. The topological polar surface area (TPSA) is 119 Å². The highest BCUT2D eigenvalue weighted by atomic mass is 32.2. The van der Waals surface area contributed by atoms with Crippen LogP contribution in [0.2, 0.25) is 0 Å². The number of furan rings is 1. The van der Waals surface area contributed by atoms with Gasteiger partial charge in [-0.15, -0.1) is 0 Å². The molecule has 2 fully saturated rings. The Bertz CT molecular complexity index is 1220. The zero-order valence-corrected chi connectivity index (χ0v) is 19.8. The van der Waals surface area contributed by atoms with Gasteiger partial charge in [-0.25, -0.2) is 8.42 Å². The van der Waals surface area contributed by atoms with Crippen LogP contribution in [0.4, 0.5) is 0 Å². The standard InChI is InChI=1S/C24H28N4O5S/c1-16(15-20-3-2-14-32-20)25-23(29)18-10-12-28(13-11-18)34(30,31)21-8-6-17(7-9-21)22-26-24(33-27-22)19-4-5-19/h2-3,6-9,14,16,18-19H,4-5,10-13,15H2,1H3,(H,25,29)/t16-/m1/s1. The molecular weight excluding hydrogens is 456 g/mol. The summed E-state index contributed by atoms with van der Waals surface area (Å²) in [7, 11) is -3.64. The van der Waals surface area contributed by atoms with E-state index in [9.17, 15) is 13.2 Å². The average molecular weight is 485 g/mol. The molecule has 2 aliphatic rings. The van der Waals surface area contributed by atoms with E-state index in [4.69, 9.17) is 8.94 Å². The Morgan fingerprint density at radius 3 is 2.53 bits per heavy atom. The molecule has 3 heterocycles. The van der Waals surface area contributed by atoms with Crippen molar-refractivity contribution in [3.63, 3.8) is 0 Å². The van der Waals surface area contributed by atoms with E-state index < -0.39 is 10.0 Å². The van der Waals surface area contributed by atoms with Crippen LogP contribution in [0.1, 0.15) is 50.2 Å². The largest absolute Gasteiger partial charge is 0.469 e. The van der Waals surface area contributed by atoms with Crippen molar-refractivity contribution >= 4 is 15.9 Å². The van der Waals surface area contributed by atoms with E-state index in [1.54, 1.807) is 30.5 Å². The molecule has 1 aliphatic heterocycles. The minimum atomic E-state index is -3.64. The summed E-state index contributed by atoms with van der Waals surface area (Å²) in [6.07, 6.45) is 5.35. The average Bonchev–Trinajstić information content (AvgIpc) is 3.34. The number of nitrogens with one attached hydrogen (secondary N) is 1. The number of carbonyl (C=O) groups is 1. The number of benzene rings is 1. The molecule has 3 aromatic rings. The Labute approximate surface area is 198 Å². The molecule has 0 spiro atoms. The molecule has 1 aliphatic carbocycles. The minimum Gasteiger partial charge on any atom is -0.469 e. The summed E-state index contributed by atoms with van der Waals surface area (Å²) in [5, 5.41) is 7.03. The van der Waals surface area contributed by atoms with Crippen LogP contribution in [-0.2, 0) is 21.2 Å². The number of hydrogen-bond acceptors (Lipinski definition) is 7. The van der Waals surface area contributed by atoms with Gasteiger partial charge in [0.15, 0.2) is 0 Å². The SMILES string of the molecule is C[C@H](Cc1ccco1)NC(=O)C1CCN(S(=O)(=O)c2ccc(-c3noc(C4CC4)n3)cc2)CC1. The van der Waals surface area contributed by atoms with Crippen LogP contribution >= 0.6 is 0 Å². The van der Waals surface area contributed by atoms with Crippen molar-refractivity contribution < 1.29 is 22.2 Å². The zero-order valence-electron chi connectivity index (χ0n) is 19.0. The lowest BCUT2D eigenvalue weighted by atomic mass is 9.96. The van der Waals surface area contributed by atoms with Crippen molar-refractivity contribution in [1.82, 2.24) is 19.8 Å². The molecular formula is C24H28N4O5S. The summed E-state index contributed by atoms with van der Waals surface area (Å²) in [4.78, 5) is 17.3. The first-order chi connectivity index (χ1) is 16.4. The summed E-state index contributed by atoms with van der Waals surface area (Å²) in [5.74, 6) is 2.07. The maximum atomic E-state index is 13.1. The van der Waals surface area contributed by atoms with Crippen molar-refractivity contribution in [2.45, 2.75) is 55.9 Å². The number of carbonyl (C=O) groups excluding carboxylic acids is 1. The molecule has 1 N–H and O–H groups in total. The van der Waals surface area contributed by atoms with E-state index in [1.165, 1.54) is 4.31 Å².